The zero-order valence-corrected chi connectivity index (χ0v) is 12.6. The fourth-order valence-corrected chi connectivity index (χ4v) is 1.94. The summed E-state index contributed by atoms with van der Waals surface area (Å²) in [5, 5.41) is 5.57. The molecular weight excluding hydrogens is 280 g/mol. The number of urea groups is 1. The van der Waals surface area contributed by atoms with Gasteiger partial charge >= 0.3 is 12.0 Å². The van der Waals surface area contributed by atoms with Gasteiger partial charge in [-0.25, -0.2) is 9.59 Å². The van der Waals surface area contributed by atoms with Gasteiger partial charge in [0.2, 0.25) is 0 Å². The fourth-order valence-electron chi connectivity index (χ4n) is 1.94. The van der Waals surface area contributed by atoms with E-state index in [1.165, 1.54) is 7.11 Å². The number of amides is 2. The van der Waals surface area contributed by atoms with Crippen molar-refractivity contribution in [2.75, 3.05) is 12.4 Å². The lowest BCUT2D eigenvalue weighted by Gasteiger charge is -2.10. The van der Waals surface area contributed by atoms with Crippen LogP contribution < -0.4 is 10.6 Å². The lowest BCUT2D eigenvalue weighted by molar-refractivity contribution is 0.0600. The Morgan fingerprint density at radius 1 is 1.05 bits per heavy atom. The van der Waals surface area contributed by atoms with Gasteiger partial charge in [-0.1, -0.05) is 30.3 Å². The summed E-state index contributed by atoms with van der Waals surface area (Å²) >= 11 is 0. The molecule has 5 heteroatoms. The molecule has 0 atom stereocenters. The van der Waals surface area contributed by atoms with Crippen LogP contribution in [0.1, 0.15) is 21.5 Å². The normalized spacial score (nSPS) is 9.91. The molecule has 0 radical (unpaired) electrons. The van der Waals surface area contributed by atoms with Gasteiger partial charge in [0, 0.05) is 12.2 Å². The van der Waals surface area contributed by atoms with Gasteiger partial charge in [0.15, 0.2) is 0 Å². The summed E-state index contributed by atoms with van der Waals surface area (Å²) in [6.07, 6.45) is 0. The molecule has 0 aliphatic heterocycles. The van der Waals surface area contributed by atoms with Crippen molar-refractivity contribution >= 4 is 17.7 Å². The van der Waals surface area contributed by atoms with Crippen LogP contribution in [0.4, 0.5) is 10.5 Å². The standard InChI is InChI=1S/C17H18N2O3/c1-12-5-3-4-6-15(12)19-17(21)18-11-13-7-9-14(10-8-13)16(20)22-2/h3-10H,11H2,1-2H3,(H2,18,19,21). The molecule has 2 rings (SSSR count). The number of benzene rings is 2. The molecule has 114 valence electrons. The number of hydrogen-bond donors (Lipinski definition) is 2. The van der Waals surface area contributed by atoms with Crippen molar-refractivity contribution in [1.29, 1.82) is 0 Å². The first-order valence-electron chi connectivity index (χ1n) is 6.88. The predicted molar refractivity (Wildman–Crippen MR) is 84.8 cm³/mol. The minimum atomic E-state index is -0.378. The van der Waals surface area contributed by atoms with E-state index in [9.17, 15) is 9.59 Å². The number of aryl methyl sites for hydroxylation is 1. The van der Waals surface area contributed by atoms with Crippen LogP contribution >= 0.6 is 0 Å². The number of anilines is 1. The van der Waals surface area contributed by atoms with Crippen molar-refractivity contribution < 1.29 is 14.3 Å². The second-order valence-corrected chi connectivity index (χ2v) is 4.81. The molecule has 5 nitrogen and oxygen atoms in total. The molecule has 0 bridgehead atoms. The average molecular weight is 298 g/mol. The number of para-hydroxylation sites is 1. The minimum Gasteiger partial charge on any atom is -0.465 e. The third-order valence-electron chi connectivity index (χ3n) is 3.22. The molecule has 2 aromatic carbocycles. The van der Waals surface area contributed by atoms with Gasteiger partial charge in [-0.3, -0.25) is 0 Å². The van der Waals surface area contributed by atoms with E-state index in [0.717, 1.165) is 16.8 Å². The van der Waals surface area contributed by atoms with Crippen LogP contribution in [0.15, 0.2) is 48.5 Å². The third kappa shape index (κ3) is 4.09. The van der Waals surface area contributed by atoms with Crippen LogP contribution in [0.3, 0.4) is 0 Å². The van der Waals surface area contributed by atoms with Crippen LogP contribution in [0, 0.1) is 6.92 Å². The third-order valence-corrected chi connectivity index (χ3v) is 3.22. The smallest absolute Gasteiger partial charge is 0.337 e. The molecule has 0 heterocycles. The fraction of sp³-hybridized carbons (Fsp3) is 0.176. The summed E-state index contributed by atoms with van der Waals surface area (Å²) in [5.74, 6) is -0.378. The largest absolute Gasteiger partial charge is 0.465 e. The van der Waals surface area contributed by atoms with E-state index in [1.807, 2.05) is 31.2 Å². The number of hydrogen-bond acceptors (Lipinski definition) is 3. The number of nitrogens with one attached hydrogen (secondary N) is 2. The summed E-state index contributed by atoms with van der Waals surface area (Å²) < 4.78 is 4.63. The second kappa shape index (κ2) is 7.26. The monoisotopic (exact) mass is 298 g/mol. The number of ether oxygens (including phenoxy) is 1. The Kier molecular flexibility index (Phi) is 5.14. The number of carbonyl (C=O) groups is 2. The Labute approximate surface area is 129 Å². The van der Waals surface area contributed by atoms with Crippen LogP contribution in [-0.4, -0.2) is 19.1 Å². The molecule has 0 aromatic heterocycles. The van der Waals surface area contributed by atoms with Gasteiger partial charge in [-0.15, -0.1) is 0 Å². The number of rotatable bonds is 4. The van der Waals surface area contributed by atoms with Crippen molar-refractivity contribution in [3.05, 3.63) is 65.2 Å². The van der Waals surface area contributed by atoms with Crippen molar-refractivity contribution in [1.82, 2.24) is 5.32 Å². The molecule has 0 saturated heterocycles. The Morgan fingerprint density at radius 3 is 2.36 bits per heavy atom. The van der Waals surface area contributed by atoms with E-state index in [2.05, 4.69) is 15.4 Å². The molecular formula is C17H18N2O3. The van der Waals surface area contributed by atoms with E-state index < -0.39 is 0 Å². The van der Waals surface area contributed by atoms with E-state index in [1.54, 1.807) is 24.3 Å². The van der Waals surface area contributed by atoms with Gasteiger partial charge in [0.25, 0.3) is 0 Å². The van der Waals surface area contributed by atoms with Crippen LogP contribution in [0.2, 0.25) is 0 Å². The maximum absolute atomic E-state index is 11.9. The van der Waals surface area contributed by atoms with Crippen molar-refractivity contribution in [2.45, 2.75) is 13.5 Å². The quantitative estimate of drug-likeness (QED) is 0.852. The molecule has 22 heavy (non-hydrogen) atoms. The van der Waals surface area contributed by atoms with Gasteiger partial charge in [-0.05, 0) is 36.2 Å². The molecule has 0 fully saturated rings. The number of esters is 1. The number of methoxy groups -OCH3 is 1. The Morgan fingerprint density at radius 2 is 1.73 bits per heavy atom. The van der Waals surface area contributed by atoms with Crippen molar-refractivity contribution in [2.24, 2.45) is 0 Å². The number of carbonyl (C=O) groups excluding carboxylic acids is 2. The van der Waals surface area contributed by atoms with Gasteiger partial charge in [0.1, 0.15) is 0 Å². The van der Waals surface area contributed by atoms with Crippen LogP contribution in [0.25, 0.3) is 0 Å². The van der Waals surface area contributed by atoms with Crippen LogP contribution in [-0.2, 0) is 11.3 Å². The first-order chi connectivity index (χ1) is 10.6. The lowest BCUT2D eigenvalue weighted by atomic mass is 10.1. The maximum Gasteiger partial charge on any atom is 0.337 e. The van der Waals surface area contributed by atoms with Gasteiger partial charge in [0.05, 0.1) is 12.7 Å². The van der Waals surface area contributed by atoms with Crippen molar-refractivity contribution in [3.63, 3.8) is 0 Å². The lowest BCUT2D eigenvalue weighted by Crippen LogP contribution is -2.28. The highest BCUT2D eigenvalue weighted by atomic mass is 16.5. The first kappa shape index (κ1) is 15.6. The zero-order chi connectivity index (χ0) is 15.9. The van der Waals surface area contributed by atoms with Crippen molar-refractivity contribution in [3.8, 4) is 0 Å². The molecule has 0 aliphatic carbocycles. The first-order valence-corrected chi connectivity index (χ1v) is 6.88. The van der Waals surface area contributed by atoms with E-state index in [4.69, 9.17) is 0 Å². The summed E-state index contributed by atoms with van der Waals surface area (Å²) in [5.41, 5.74) is 3.16. The Hall–Kier alpha value is -2.82. The average Bonchev–Trinajstić information content (AvgIpc) is 2.55. The Balaban J connectivity index is 1.89. The topological polar surface area (TPSA) is 67.4 Å². The van der Waals surface area contributed by atoms with E-state index in [0.29, 0.717) is 12.1 Å². The highest BCUT2D eigenvalue weighted by Crippen LogP contribution is 2.12. The second-order valence-electron chi connectivity index (χ2n) is 4.81. The maximum atomic E-state index is 11.9. The predicted octanol–water partition coefficient (Wildman–Crippen LogP) is 3.10. The molecule has 2 N–H and O–H groups in total. The summed E-state index contributed by atoms with van der Waals surface area (Å²) in [7, 11) is 1.34. The summed E-state index contributed by atoms with van der Waals surface area (Å²) in [6.45, 7) is 2.31. The van der Waals surface area contributed by atoms with Gasteiger partial charge in [-0.2, -0.15) is 0 Å². The summed E-state index contributed by atoms with van der Waals surface area (Å²) in [6, 6.07) is 14.2. The molecule has 0 aliphatic rings. The Bertz CT molecular complexity index is 666. The molecule has 0 unspecified atom stereocenters. The minimum absolute atomic E-state index is 0.272. The van der Waals surface area contributed by atoms with E-state index >= 15 is 0 Å². The molecule has 0 spiro atoms. The highest BCUT2D eigenvalue weighted by molar-refractivity contribution is 5.90. The molecule has 0 saturated carbocycles. The molecule has 2 aromatic rings. The highest BCUT2D eigenvalue weighted by Gasteiger charge is 2.06. The van der Waals surface area contributed by atoms with Gasteiger partial charge < -0.3 is 15.4 Å². The zero-order valence-electron chi connectivity index (χ0n) is 12.6. The van der Waals surface area contributed by atoms with E-state index in [-0.39, 0.29) is 12.0 Å². The SMILES string of the molecule is COC(=O)c1ccc(CNC(=O)Nc2ccccc2C)cc1. The summed E-state index contributed by atoms with van der Waals surface area (Å²) in [4.78, 5) is 23.2. The van der Waals surface area contributed by atoms with Crippen LogP contribution in [0.5, 0.6) is 0 Å². The molecule has 2 amide bonds.